The summed E-state index contributed by atoms with van der Waals surface area (Å²) in [6.07, 6.45) is 2.60. The zero-order valence-corrected chi connectivity index (χ0v) is 18.0. The first-order valence-electron chi connectivity index (χ1n) is 9.74. The molecule has 0 aliphatic carbocycles. The molecule has 1 aromatic heterocycles. The number of para-hydroxylation sites is 1. The van der Waals surface area contributed by atoms with Gasteiger partial charge in [0.15, 0.2) is 17.6 Å². The molecule has 1 heterocycles. The van der Waals surface area contributed by atoms with E-state index in [4.69, 9.17) is 14.2 Å². The lowest BCUT2D eigenvalue weighted by atomic mass is 10.1. The number of H-pyrrole nitrogens is 1. The standard InChI is InChI=1S/C23H23N3O6/c1-5-8-16-11-15(12-19(30-3)20(16)32-14(2)22(28)31-4)13-24-26-21(27)17-9-6-7-10-18(17)25-23(26)29/h5-7,9-14H,1,8H2,2-4H3,(H,25,29). The molecule has 0 aliphatic rings. The number of carbonyl (C=O) groups excluding carboxylic acids is 1. The van der Waals surface area contributed by atoms with Crippen molar-refractivity contribution in [2.75, 3.05) is 14.2 Å². The molecule has 0 saturated heterocycles. The summed E-state index contributed by atoms with van der Waals surface area (Å²) in [6, 6.07) is 10.1. The largest absolute Gasteiger partial charge is 0.493 e. The van der Waals surface area contributed by atoms with Crippen molar-refractivity contribution in [3.8, 4) is 11.5 Å². The van der Waals surface area contributed by atoms with Crippen LogP contribution in [0.15, 0.2) is 63.7 Å². The molecule has 0 radical (unpaired) electrons. The summed E-state index contributed by atoms with van der Waals surface area (Å²) in [5.41, 5.74) is 0.471. The summed E-state index contributed by atoms with van der Waals surface area (Å²) in [4.78, 5) is 39.4. The van der Waals surface area contributed by atoms with E-state index in [9.17, 15) is 14.4 Å². The van der Waals surface area contributed by atoms with Crippen LogP contribution in [0.4, 0.5) is 0 Å². The number of nitrogens with one attached hydrogen (secondary N) is 1. The second-order valence-corrected chi connectivity index (χ2v) is 6.82. The molecule has 3 aromatic rings. The molecule has 2 aromatic carbocycles. The first-order valence-corrected chi connectivity index (χ1v) is 9.74. The Hall–Kier alpha value is -4.14. The molecule has 166 valence electrons. The van der Waals surface area contributed by atoms with Crippen LogP contribution in [-0.4, -0.2) is 42.2 Å². The monoisotopic (exact) mass is 437 g/mol. The minimum Gasteiger partial charge on any atom is -0.493 e. The molecule has 0 fully saturated rings. The average molecular weight is 437 g/mol. The first kappa shape index (κ1) is 22.5. The lowest BCUT2D eigenvalue weighted by molar-refractivity contribution is -0.147. The van der Waals surface area contributed by atoms with Crippen molar-refractivity contribution in [3.63, 3.8) is 0 Å². The molecular formula is C23H23N3O6. The van der Waals surface area contributed by atoms with Crippen molar-refractivity contribution in [1.29, 1.82) is 0 Å². The Kier molecular flexibility index (Phi) is 6.89. The predicted octanol–water partition coefficient (Wildman–Crippen LogP) is 2.25. The van der Waals surface area contributed by atoms with Gasteiger partial charge in [0.05, 0.1) is 31.3 Å². The normalized spacial score (nSPS) is 12.0. The zero-order chi connectivity index (χ0) is 23.3. The van der Waals surface area contributed by atoms with Gasteiger partial charge in [0.1, 0.15) is 0 Å². The second kappa shape index (κ2) is 9.78. The van der Waals surface area contributed by atoms with Crippen LogP contribution in [0.3, 0.4) is 0 Å². The quantitative estimate of drug-likeness (QED) is 0.329. The molecule has 1 unspecified atom stereocenters. The van der Waals surface area contributed by atoms with E-state index in [1.54, 1.807) is 49.4 Å². The molecule has 32 heavy (non-hydrogen) atoms. The third kappa shape index (κ3) is 4.61. The van der Waals surface area contributed by atoms with Crippen molar-refractivity contribution in [2.45, 2.75) is 19.4 Å². The minimum absolute atomic E-state index is 0.342. The summed E-state index contributed by atoms with van der Waals surface area (Å²) < 4.78 is 16.7. The Morgan fingerprint density at radius 1 is 1.25 bits per heavy atom. The second-order valence-electron chi connectivity index (χ2n) is 6.82. The van der Waals surface area contributed by atoms with Crippen LogP contribution in [0.1, 0.15) is 18.1 Å². The van der Waals surface area contributed by atoms with E-state index >= 15 is 0 Å². The molecule has 0 amide bonds. The summed E-state index contributed by atoms with van der Waals surface area (Å²) in [7, 11) is 2.74. The maximum atomic E-state index is 12.7. The SMILES string of the molecule is C=CCc1cc(C=Nn2c(=O)[nH]c3ccccc3c2=O)cc(OC)c1OC(C)C(=O)OC. The number of hydrogen-bond acceptors (Lipinski definition) is 7. The van der Waals surface area contributed by atoms with E-state index in [1.165, 1.54) is 20.4 Å². The van der Waals surface area contributed by atoms with Gasteiger partial charge in [0.25, 0.3) is 5.56 Å². The lowest BCUT2D eigenvalue weighted by Gasteiger charge is -2.18. The fourth-order valence-electron chi connectivity index (χ4n) is 3.12. The number of allylic oxidation sites excluding steroid dienone is 1. The van der Waals surface area contributed by atoms with Crippen LogP contribution >= 0.6 is 0 Å². The van der Waals surface area contributed by atoms with Gasteiger partial charge in [0, 0.05) is 5.56 Å². The molecular weight excluding hydrogens is 414 g/mol. The zero-order valence-electron chi connectivity index (χ0n) is 18.0. The van der Waals surface area contributed by atoms with Gasteiger partial charge in [-0.25, -0.2) is 9.59 Å². The Morgan fingerprint density at radius 2 is 2.00 bits per heavy atom. The average Bonchev–Trinajstić information content (AvgIpc) is 2.79. The minimum atomic E-state index is -0.855. The van der Waals surface area contributed by atoms with Crippen LogP contribution < -0.4 is 20.7 Å². The number of rotatable bonds is 8. The topological polar surface area (TPSA) is 112 Å². The van der Waals surface area contributed by atoms with Crippen LogP contribution in [0.25, 0.3) is 10.9 Å². The number of carbonyl (C=O) groups is 1. The fraction of sp³-hybridized carbons (Fsp3) is 0.217. The maximum Gasteiger partial charge on any atom is 0.349 e. The highest BCUT2D eigenvalue weighted by atomic mass is 16.6. The number of ether oxygens (including phenoxy) is 3. The number of aromatic amines is 1. The van der Waals surface area contributed by atoms with Gasteiger partial charge in [0.2, 0.25) is 0 Å². The van der Waals surface area contributed by atoms with E-state index in [0.29, 0.717) is 39.9 Å². The molecule has 9 heteroatoms. The maximum absolute atomic E-state index is 12.7. The highest BCUT2D eigenvalue weighted by Crippen LogP contribution is 2.34. The Balaban J connectivity index is 2.05. The smallest absolute Gasteiger partial charge is 0.349 e. The summed E-state index contributed by atoms with van der Waals surface area (Å²) >= 11 is 0. The summed E-state index contributed by atoms with van der Waals surface area (Å²) in [6.45, 7) is 5.31. The van der Waals surface area contributed by atoms with E-state index in [0.717, 1.165) is 4.68 Å². The van der Waals surface area contributed by atoms with Crippen LogP contribution in [0.2, 0.25) is 0 Å². The van der Waals surface area contributed by atoms with E-state index in [-0.39, 0.29) is 0 Å². The van der Waals surface area contributed by atoms with Crippen molar-refractivity contribution < 1.29 is 19.0 Å². The van der Waals surface area contributed by atoms with Gasteiger partial charge in [-0.05, 0) is 43.2 Å². The highest BCUT2D eigenvalue weighted by molar-refractivity contribution is 5.82. The van der Waals surface area contributed by atoms with Gasteiger partial charge < -0.3 is 19.2 Å². The van der Waals surface area contributed by atoms with Gasteiger partial charge in [-0.15, -0.1) is 11.3 Å². The molecule has 0 saturated carbocycles. The van der Waals surface area contributed by atoms with E-state index in [2.05, 4.69) is 16.7 Å². The number of esters is 1. The number of fused-ring (bicyclic) bond motifs is 1. The fourth-order valence-corrected chi connectivity index (χ4v) is 3.12. The molecule has 1 N–H and O–H groups in total. The molecule has 3 rings (SSSR count). The Morgan fingerprint density at radius 3 is 2.69 bits per heavy atom. The Bertz CT molecular complexity index is 1310. The highest BCUT2D eigenvalue weighted by Gasteiger charge is 2.20. The number of benzene rings is 2. The first-order chi connectivity index (χ1) is 15.4. The van der Waals surface area contributed by atoms with Crippen LogP contribution in [-0.2, 0) is 16.0 Å². The Labute approximate surface area is 183 Å². The third-order valence-corrected chi connectivity index (χ3v) is 4.67. The molecule has 0 spiro atoms. The van der Waals surface area contributed by atoms with Gasteiger partial charge >= 0.3 is 11.7 Å². The van der Waals surface area contributed by atoms with E-state index in [1.807, 2.05) is 0 Å². The van der Waals surface area contributed by atoms with Gasteiger partial charge in [-0.3, -0.25) is 4.79 Å². The number of aromatic nitrogens is 2. The number of nitrogens with zero attached hydrogens (tertiary/aromatic N) is 2. The van der Waals surface area contributed by atoms with Crippen molar-refractivity contribution in [3.05, 3.63) is 81.0 Å². The van der Waals surface area contributed by atoms with Crippen molar-refractivity contribution >= 4 is 23.1 Å². The molecule has 1 atom stereocenters. The van der Waals surface area contributed by atoms with Gasteiger partial charge in [-0.2, -0.15) is 5.10 Å². The molecule has 0 aliphatic heterocycles. The third-order valence-electron chi connectivity index (χ3n) is 4.67. The van der Waals surface area contributed by atoms with E-state index < -0.39 is 23.3 Å². The van der Waals surface area contributed by atoms with Crippen molar-refractivity contribution in [1.82, 2.24) is 9.66 Å². The number of hydrogen-bond donors (Lipinski definition) is 1. The van der Waals surface area contributed by atoms with Crippen LogP contribution in [0, 0.1) is 0 Å². The van der Waals surface area contributed by atoms with Crippen LogP contribution in [0.5, 0.6) is 11.5 Å². The summed E-state index contributed by atoms with van der Waals surface area (Å²) in [5.74, 6) is 0.182. The molecule has 9 nitrogen and oxygen atoms in total. The number of methoxy groups -OCH3 is 2. The predicted molar refractivity (Wildman–Crippen MR) is 121 cm³/mol. The molecule has 0 bridgehead atoms. The lowest BCUT2D eigenvalue weighted by Crippen LogP contribution is -2.32. The van der Waals surface area contributed by atoms with Gasteiger partial charge in [-0.1, -0.05) is 18.2 Å². The summed E-state index contributed by atoms with van der Waals surface area (Å²) in [5, 5.41) is 4.42. The van der Waals surface area contributed by atoms with Crippen molar-refractivity contribution in [2.24, 2.45) is 5.10 Å².